The van der Waals surface area contributed by atoms with Gasteiger partial charge in [-0.3, -0.25) is 9.69 Å². The molecule has 0 N–H and O–H groups in total. The van der Waals surface area contributed by atoms with Crippen molar-refractivity contribution >= 4 is 34.2 Å². The zero-order chi connectivity index (χ0) is 16.7. The van der Waals surface area contributed by atoms with Crippen LogP contribution in [0.15, 0.2) is 48.5 Å². The van der Waals surface area contributed by atoms with Crippen LogP contribution in [0.2, 0.25) is 5.02 Å². The fraction of sp³-hybridized carbons (Fsp3) is 0.158. The molecule has 0 unspecified atom stereocenters. The smallest absolute Gasteiger partial charge is 0.259 e. The second-order valence-corrected chi connectivity index (χ2v) is 6.18. The zero-order valence-corrected chi connectivity index (χ0v) is 13.9. The lowest BCUT2D eigenvalue weighted by Gasteiger charge is -2.17. The molecule has 2 heterocycles. The lowest BCUT2D eigenvalue weighted by molar-refractivity contribution is 0.0989. The molecule has 4 rings (SSSR count). The third kappa shape index (κ3) is 2.49. The van der Waals surface area contributed by atoms with Crippen molar-refractivity contribution in [3.05, 3.63) is 64.7 Å². The Morgan fingerprint density at radius 3 is 2.88 bits per heavy atom. The molecule has 2 aromatic carbocycles. The van der Waals surface area contributed by atoms with E-state index in [-0.39, 0.29) is 5.91 Å². The number of anilines is 1. The van der Waals surface area contributed by atoms with Gasteiger partial charge in [-0.05, 0) is 54.4 Å². The summed E-state index contributed by atoms with van der Waals surface area (Å²) in [5.74, 6) is 1.46. The molecule has 0 aliphatic carbocycles. The van der Waals surface area contributed by atoms with Gasteiger partial charge in [0.2, 0.25) is 0 Å². The summed E-state index contributed by atoms with van der Waals surface area (Å²) in [6.07, 6.45) is 0.793. The fourth-order valence-corrected chi connectivity index (χ4v) is 3.24. The molecule has 0 fully saturated rings. The Morgan fingerprint density at radius 2 is 2.08 bits per heavy atom. The number of benzene rings is 2. The molecule has 0 radical (unpaired) electrons. The first-order chi connectivity index (χ1) is 11.7. The number of rotatable bonds is 2. The first-order valence-corrected chi connectivity index (χ1v) is 8.08. The number of aromatic nitrogens is 1. The van der Waals surface area contributed by atoms with Crippen molar-refractivity contribution in [3.63, 3.8) is 0 Å². The zero-order valence-electron chi connectivity index (χ0n) is 13.1. The molecule has 4 nitrogen and oxygen atoms in total. The average Bonchev–Trinajstić information content (AvgIpc) is 3.01. The fourth-order valence-electron chi connectivity index (χ4n) is 3.05. The molecule has 1 amide bonds. The van der Waals surface area contributed by atoms with Crippen molar-refractivity contribution in [2.75, 3.05) is 18.6 Å². The minimum atomic E-state index is -0.0726. The Bertz CT molecular complexity index is 955. The number of methoxy groups -OCH3 is 1. The van der Waals surface area contributed by atoms with Gasteiger partial charge in [0.1, 0.15) is 11.6 Å². The van der Waals surface area contributed by atoms with E-state index >= 15 is 0 Å². The van der Waals surface area contributed by atoms with Gasteiger partial charge in [0, 0.05) is 22.5 Å². The largest absolute Gasteiger partial charge is 0.497 e. The SMILES string of the molecule is COc1ccc2nc3c(cc2c1)CCN3C(=O)c1cccc(Cl)c1. The molecule has 0 saturated carbocycles. The lowest BCUT2D eigenvalue weighted by Crippen LogP contribution is -2.29. The number of ether oxygens (including phenoxy) is 1. The number of pyridine rings is 1. The molecule has 5 heteroatoms. The van der Waals surface area contributed by atoms with Crippen molar-refractivity contribution in [1.82, 2.24) is 4.98 Å². The summed E-state index contributed by atoms with van der Waals surface area (Å²) in [7, 11) is 1.65. The van der Waals surface area contributed by atoms with Crippen molar-refractivity contribution in [3.8, 4) is 5.75 Å². The molecule has 0 spiro atoms. The van der Waals surface area contributed by atoms with Crippen LogP contribution in [-0.2, 0) is 6.42 Å². The van der Waals surface area contributed by atoms with E-state index < -0.39 is 0 Å². The highest BCUT2D eigenvalue weighted by Crippen LogP contribution is 2.32. The average molecular weight is 339 g/mol. The predicted molar refractivity (Wildman–Crippen MR) is 95.1 cm³/mol. The summed E-state index contributed by atoms with van der Waals surface area (Å²) >= 11 is 6.00. The number of carbonyl (C=O) groups is 1. The van der Waals surface area contributed by atoms with E-state index in [2.05, 4.69) is 6.07 Å². The van der Waals surface area contributed by atoms with Crippen LogP contribution in [0.3, 0.4) is 0 Å². The molecule has 0 bridgehead atoms. The van der Waals surface area contributed by atoms with Crippen LogP contribution in [0.25, 0.3) is 10.9 Å². The summed E-state index contributed by atoms with van der Waals surface area (Å²) in [6, 6.07) is 14.8. The second-order valence-electron chi connectivity index (χ2n) is 5.75. The standard InChI is InChI=1S/C19H15ClN2O2/c1-24-16-5-6-17-14(11-16)9-12-7-8-22(18(12)21-17)19(23)13-3-2-4-15(20)10-13/h2-6,9-11H,7-8H2,1H3. The monoisotopic (exact) mass is 338 g/mol. The van der Waals surface area contributed by atoms with Crippen molar-refractivity contribution in [1.29, 1.82) is 0 Å². The second kappa shape index (κ2) is 5.80. The molecular weight excluding hydrogens is 324 g/mol. The van der Waals surface area contributed by atoms with Gasteiger partial charge in [0.05, 0.1) is 12.6 Å². The number of nitrogens with zero attached hydrogens (tertiary/aromatic N) is 2. The quantitative estimate of drug-likeness (QED) is 0.706. The molecule has 1 aliphatic rings. The number of amides is 1. The maximum absolute atomic E-state index is 12.8. The van der Waals surface area contributed by atoms with Crippen molar-refractivity contribution in [2.24, 2.45) is 0 Å². The minimum absolute atomic E-state index is 0.0726. The number of hydrogen-bond donors (Lipinski definition) is 0. The summed E-state index contributed by atoms with van der Waals surface area (Å²) in [5, 5.41) is 1.57. The predicted octanol–water partition coefficient (Wildman–Crippen LogP) is 4.10. The van der Waals surface area contributed by atoms with Gasteiger partial charge in [0.15, 0.2) is 0 Å². The Labute approximate surface area is 144 Å². The van der Waals surface area contributed by atoms with Crippen LogP contribution < -0.4 is 9.64 Å². The Morgan fingerprint density at radius 1 is 1.21 bits per heavy atom. The number of halogens is 1. The van der Waals surface area contributed by atoms with Crippen LogP contribution >= 0.6 is 11.6 Å². The van der Waals surface area contributed by atoms with Gasteiger partial charge in [-0.2, -0.15) is 0 Å². The van der Waals surface area contributed by atoms with E-state index in [4.69, 9.17) is 21.3 Å². The Balaban J connectivity index is 1.75. The van der Waals surface area contributed by atoms with E-state index in [1.54, 1.807) is 36.3 Å². The summed E-state index contributed by atoms with van der Waals surface area (Å²) < 4.78 is 5.27. The molecule has 0 saturated heterocycles. The molecule has 3 aromatic rings. The summed E-state index contributed by atoms with van der Waals surface area (Å²) in [6.45, 7) is 0.626. The normalized spacial score (nSPS) is 13.2. The number of carbonyl (C=O) groups excluding carboxylic acids is 1. The first-order valence-electron chi connectivity index (χ1n) is 7.71. The van der Waals surface area contributed by atoms with Gasteiger partial charge in [0.25, 0.3) is 5.91 Å². The maximum Gasteiger partial charge on any atom is 0.259 e. The highest BCUT2D eigenvalue weighted by atomic mass is 35.5. The summed E-state index contributed by atoms with van der Waals surface area (Å²) in [4.78, 5) is 19.2. The highest BCUT2D eigenvalue weighted by Gasteiger charge is 2.27. The Kier molecular flexibility index (Phi) is 3.62. The van der Waals surface area contributed by atoms with E-state index in [9.17, 15) is 4.79 Å². The lowest BCUT2D eigenvalue weighted by atomic mass is 10.1. The minimum Gasteiger partial charge on any atom is -0.497 e. The van der Waals surface area contributed by atoms with E-state index in [0.717, 1.165) is 34.5 Å². The van der Waals surface area contributed by atoms with Crippen molar-refractivity contribution in [2.45, 2.75) is 6.42 Å². The van der Waals surface area contributed by atoms with E-state index in [0.29, 0.717) is 17.1 Å². The topological polar surface area (TPSA) is 42.4 Å². The van der Waals surface area contributed by atoms with Crippen molar-refractivity contribution < 1.29 is 9.53 Å². The van der Waals surface area contributed by atoms with E-state index in [1.165, 1.54) is 0 Å². The first kappa shape index (κ1) is 15.0. The molecule has 0 atom stereocenters. The van der Waals surface area contributed by atoms with Crippen LogP contribution in [0, 0.1) is 0 Å². The Hall–Kier alpha value is -2.59. The third-order valence-electron chi connectivity index (χ3n) is 4.26. The van der Waals surface area contributed by atoms with Gasteiger partial charge in [-0.25, -0.2) is 4.98 Å². The third-order valence-corrected chi connectivity index (χ3v) is 4.49. The van der Waals surface area contributed by atoms with E-state index in [1.807, 2.05) is 18.2 Å². The van der Waals surface area contributed by atoms with Gasteiger partial charge in [-0.15, -0.1) is 0 Å². The molecule has 120 valence electrons. The van der Waals surface area contributed by atoms with Crippen LogP contribution in [0.5, 0.6) is 5.75 Å². The molecular formula is C19H15ClN2O2. The number of hydrogen-bond acceptors (Lipinski definition) is 3. The van der Waals surface area contributed by atoms with Crippen LogP contribution in [0.1, 0.15) is 15.9 Å². The number of fused-ring (bicyclic) bond motifs is 2. The highest BCUT2D eigenvalue weighted by molar-refractivity contribution is 6.31. The molecule has 24 heavy (non-hydrogen) atoms. The van der Waals surface area contributed by atoms with Gasteiger partial charge >= 0.3 is 0 Å². The van der Waals surface area contributed by atoms with Gasteiger partial charge < -0.3 is 4.74 Å². The molecule has 1 aromatic heterocycles. The van der Waals surface area contributed by atoms with Gasteiger partial charge in [-0.1, -0.05) is 17.7 Å². The molecule has 1 aliphatic heterocycles. The maximum atomic E-state index is 12.8. The van der Waals surface area contributed by atoms with Crippen LogP contribution in [0.4, 0.5) is 5.82 Å². The summed E-state index contributed by atoms with van der Waals surface area (Å²) in [5.41, 5.74) is 2.50. The van der Waals surface area contributed by atoms with Crippen LogP contribution in [-0.4, -0.2) is 24.5 Å².